The monoisotopic (exact) mass is 301 g/mol. The molecule has 17 heavy (non-hydrogen) atoms. The summed E-state index contributed by atoms with van der Waals surface area (Å²) in [5.74, 6) is -0.697. The molecule has 0 aliphatic rings. The van der Waals surface area contributed by atoms with E-state index in [0.717, 1.165) is 0 Å². The van der Waals surface area contributed by atoms with Gasteiger partial charge in [-0.1, -0.05) is 0 Å². The fourth-order valence-corrected chi connectivity index (χ4v) is 1.92. The molecular formula is C11H12BrNO4. The van der Waals surface area contributed by atoms with Crippen LogP contribution in [0, 0.1) is 0 Å². The average Bonchev–Trinajstić information content (AvgIpc) is 2.20. The number of benzene rings is 1. The van der Waals surface area contributed by atoms with Crippen LogP contribution >= 0.6 is 15.9 Å². The van der Waals surface area contributed by atoms with Crippen LogP contribution in [0.2, 0.25) is 0 Å². The highest BCUT2D eigenvalue weighted by molar-refractivity contribution is 9.10. The van der Waals surface area contributed by atoms with E-state index in [0.29, 0.717) is 21.5 Å². The first-order valence-corrected chi connectivity index (χ1v) is 5.59. The number of ether oxygens (including phenoxy) is 1. The number of hydrogen-bond acceptors (Lipinski definition) is 3. The minimum Gasteiger partial charge on any atom is -0.495 e. The van der Waals surface area contributed by atoms with Gasteiger partial charge in [-0.25, -0.2) is 0 Å². The summed E-state index contributed by atoms with van der Waals surface area (Å²) in [5.41, 5.74) is 0.959. The highest BCUT2D eigenvalue weighted by atomic mass is 79.9. The van der Waals surface area contributed by atoms with Crippen molar-refractivity contribution in [2.24, 2.45) is 0 Å². The Hall–Kier alpha value is -1.56. The molecule has 0 fully saturated rings. The lowest BCUT2D eigenvalue weighted by atomic mass is 10.1. The summed E-state index contributed by atoms with van der Waals surface area (Å²) in [6, 6.07) is 3.21. The quantitative estimate of drug-likeness (QED) is 0.892. The predicted molar refractivity (Wildman–Crippen MR) is 66.3 cm³/mol. The number of amides is 1. The molecule has 6 heteroatoms. The van der Waals surface area contributed by atoms with Crippen LogP contribution in [0.1, 0.15) is 12.5 Å². The van der Waals surface area contributed by atoms with E-state index in [-0.39, 0.29) is 12.3 Å². The fourth-order valence-electron chi connectivity index (χ4n) is 1.37. The topological polar surface area (TPSA) is 75.6 Å². The summed E-state index contributed by atoms with van der Waals surface area (Å²) in [6.45, 7) is 1.36. The van der Waals surface area contributed by atoms with Crippen molar-refractivity contribution in [2.75, 3.05) is 12.4 Å². The molecule has 1 aromatic carbocycles. The van der Waals surface area contributed by atoms with Crippen molar-refractivity contribution in [1.29, 1.82) is 0 Å². The maximum Gasteiger partial charge on any atom is 0.307 e. The number of halogens is 1. The largest absolute Gasteiger partial charge is 0.495 e. The van der Waals surface area contributed by atoms with Crippen molar-refractivity contribution in [3.63, 3.8) is 0 Å². The number of nitrogens with one attached hydrogen (secondary N) is 1. The summed E-state index contributed by atoms with van der Waals surface area (Å²) >= 11 is 3.27. The molecule has 0 heterocycles. The van der Waals surface area contributed by atoms with Crippen molar-refractivity contribution < 1.29 is 19.4 Å². The second kappa shape index (κ2) is 5.67. The summed E-state index contributed by atoms with van der Waals surface area (Å²) in [7, 11) is 1.49. The van der Waals surface area contributed by atoms with Crippen molar-refractivity contribution in [3.05, 3.63) is 22.2 Å². The number of carbonyl (C=O) groups is 2. The Morgan fingerprint density at radius 1 is 1.47 bits per heavy atom. The molecule has 0 saturated carbocycles. The molecule has 0 aliphatic carbocycles. The van der Waals surface area contributed by atoms with Crippen LogP contribution < -0.4 is 10.1 Å². The summed E-state index contributed by atoms with van der Waals surface area (Å²) in [4.78, 5) is 21.7. The van der Waals surface area contributed by atoms with Gasteiger partial charge in [-0.15, -0.1) is 0 Å². The van der Waals surface area contributed by atoms with Gasteiger partial charge in [0.05, 0.1) is 18.0 Å². The van der Waals surface area contributed by atoms with E-state index in [9.17, 15) is 9.59 Å². The zero-order chi connectivity index (χ0) is 13.0. The molecule has 0 bridgehead atoms. The van der Waals surface area contributed by atoms with Crippen LogP contribution in [0.25, 0.3) is 0 Å². The maximum atomic E-state index is 11.0. The highest BCUT2D eigenvalue weighted by Gasteiger charge is 2.12. The molecule has 0 unspecified atom stereocenters. The maximum absolute atomic E-state index is 11.0. The van der Waals surface area contributed by atoms with Gasteiger partial charge >= 0.3 is 5.97 Å². The number of methoxy groups -OCH3 is 1. The molecule has 0 aromatic heterocycles. The lowest BCUT2D eigenvalue weighted by molar-refractivity contribution is -0.136. The Bertz CT molecular complexity index is 459. The van der Waals surface area contributed by atoms with Crippen molar-refractivity contribution in [1.82, 2.24) is 0 Å². The molecule has 92 valence electrons. The minimum absolute atomic E-state index is 0.168. The summed E-state index contributed by atoms with van der Waals surface area (Å²) in [6.07, 6.45) is -0.168. The highest BCUT2D eigenvalue weighted by Crippen LogP contribution is 2.31. The first-order chi connectivity index (χ1) is 7.93. The predicted octanol–water partition coefficient (Wildman–Crippen LogP) is 2.04. The number of carboxylic acids is 1. The summed E-state index contributed by atoms with van der Waals surface area (Å²) < 4.78 is 5.73. The lowest BCUT2D eigenvalue weighted by Crippen LogP contribution is -2.11. The Morgan fingerprint density at radius 2 is 2.12 bits per heavy atom. The van der Waals surface area contributed by atoms with Gasteiger partial charge in [0.2, 0.25) is 5.91 Å². The van der Waals surface area contributed by atoms with Crippen molar-refractivity contribution in [2.45, 2.75) is 13.3 Å². The molecule has 1 rings (SSSR count). The third-order valence-electron chi connectivity index (χ3n) is 2.03. The number of carboxylic acid groups (broad SMARTS) is 1. The second-order valence-electron chi connectivity index (χ2n) is 3.40. The second-order valence-corrected chi connectivity index (χ2v) is 4.25. The third kappa shape index (κ3) is 3.74. The van der Waals surface area contributed by atoms with Crippen molar-refractivity contribution in [3.8, 4) is 5.75 Å². The van der Waals surface area contributed by atoms with Gasteiger partial charge in [0.1, 0.15) is 5.75 Å². The smallest absolute Gasteiger partial charge is 0.307 e. The lowest BCUT2D eigenvalue weighted by Gasteiger charge is -2.12. The number of rotatable bonds is 4. The first kappa shape index (κ1) is 13.5. The van der Waals surface area contributed by atoms with Crippen LogP contribution in [-0.2, 0) is 16.0 Å². The van der Waals surface area contributed by atoms with E-state index < -0.39 is 5.97 Å². The number of aliphatic carboxylic acids is 1. The van der Waals surface area contributed by atoms with Gasteiger partial charge in [-0.2, -0.15) is 0 Å². The van der Waals surface area contributed by atoms with E-state index in [4.69, 9.17) is 9.84 Å². The molecule has 0 radical (unpaired) electrons. The first-order valence-electron chi connectivity index (χ1n) is 4.80. The summed E-state index contributed by atoms with van der Waals surface area (Å²) in [5, 5.41) is 11.4. The molecule has 0 saturated heterocycles. The molecule has 0 aliphatic heterocycles. The number of anilines is 1. The van der Waals surface area contributed by atoms with Gasteiger partial charge in [-0.3, -0.25) is 9.59 Å². The van der Waals surface area contributed by atoms with E-state index in [2.05, 4.69) is 21.2 Å². The molecule has 0 spiro atoms. The van der Waals surface area contributed by atoms with Crippen molar-refractivity contribution >= 4 is 33.5 Å². The van der Waals surface area contributed by atoms with E-state index >= 15 is 0 Å². The van der Waals surface area contributed by atoms with Crippen LogP contribution in [0.15, 0.2) is 16.6 Å². The van der Waals surface area contributed by atoms with Gasteiger partial charge in [-0.05, 0) is 27.6 Å². The zero-order valence-corrected chi connectivity index (χ0v) is 11.0. The SMILES string of the molecule is COc1cc(NC(C)=O)c(CC(=O)O)cc1Br. The Kier molecular flexibility index (Phi) is 4.51. The van der Waals surface area contributed by atoms with E-state index in [1.54, 1.807) is 12.1 Å². The van der Waals surface area contributed by atoms with Crippen LogP contribution in [-0.4, -0.2) is 24.1 Å². The standard InChI is InChI=1S/C11H12BrNO4/c1-6(14)13-9-5-10(17-2)8(12)3-7(9)4-11(15)16/h3,5H,4H2,1-2H3,(H,13,14)(H,15,16). The number of hydrogen-bond donors (Lipinski definition) is 2. The van der Waals surface area contributed by atoms with Crippen LogP contribution in [0.3, 0.4) is 0 Å². The average molecular weight is 302 g/mol. The Balaban J connectivity index is 3.20. The molecular weight excluding hydrogens is 290 g/mol. The normalized spacial score (nSPS) is 9.82. The van der Waals surface area contributed by atoms with E-state index in [1.807, 2.05) is 0 Å². The molecule has 0 atom stereocenters. The Morgan fingerprint density at radius 3 is 2.59 bits per heavy atom. The molecule has 5 nitrogen and oxygen atoms in total. The van der Waals surface area contributed by atoms with Crippen LogP contribution in [0.4, 0.5) is 5.69 Å². The van der Waals surface area contributed by atoms with Gasteiger partial charge < -0.3 is 15.2 Å². The Labute approximate surface area is 107 Å². The van der Waals surface area contributed by atoms with E-state index in [1.165, 1.54) is 14.0 Å². The molecule has 1 amide bonds. The third-order valence-corrected chi connectivity index (χ3v) is 2.65. The van der Waals surface area contributed by atoms with Gasteiger partial charge in [0.25, 0.3) is 0 Å². The molecule has 1 aromatic rings. The zero-order valence-electron chi connectivity index (χ0n) is 9.41. The minimum atomic E-state index is -0.964. The van der Waals surface area contributed by atoms with Gasteiger partial charge in [0.15, 0.2) is 0 Å². The van der Waals surface area contributed by atoms with Gasteiger partial charge in [0, 0.05) is 18.7 Å². The number of carbonyl (C=O) groups excluding carboxylic acids is 1. The fraction of sp³-hybridized carbons (Fsp3) is 0.273. The van der Waals surface area contributed by atoms with Crippen LogP contribution in [0.5, 0.6) is 5.75 Å². The molecule has 2 N–H and O–H groups in total.